The molecule has 1 heterocycles. The Bertz CT molecular complexity index is 561. The second kappa shape index (κ2) is 4.13. The predicted molar refractivity (Wildman–Crippen MR) is 65.1 cm³/mol. The minimum absolute atomic E-state index is 0.0208. The highest BCUT2D eigenvalue weighted by atomic mass is 16.1. The van der Waals surface area contributed by atoms with Gasteiger partial charge in [-0.25, -0.2) is 4.68 Å². The van der Waals surface area contributed by atoms with Crippen LogP contribution in [0.5, 0.6) is 0 Å². The third-order valence-corrected chi connectivity index (χ3v) is 2.85. The molecule has 0 atom stereocenters. The van der Waals surface area contributed by atoms with E-state index in [-0.39, 0.29) is 5.78 Å². The van der Waals surface area contributed by atoms with Crippen molar-refractivity contribution in [3.63, 3.8) is 0 Å². The van der Waals surface area contributed by atoms with Crippen LogP contribution in [0.25, 0.3) is 0 Å². The van der Waals surface area contributed by atoms with E-state index in [1.807, 2.05) is 32.9 Å². The van der Waals surface area contributed by atoms with Crippen molar-refractivity contribution in [2.45, 2.75) is 20.8 Å². The molecule has 17 heavy (non-hydrogen) atoms. The van der Waals surface area contributed by atoms with Gasteiger partial charge in [-0.05, 0) is 31.9 Å². The number of nitrogens with zero attached hydrogens (tertiary/aromatic N) is 3. The van der Waals surface area contributed by atoms with Gasteiger partial charge in [0, 0.05) is 12.6 Å². The van der Waals surface area contributed by atoms with Crippen LogP contribution in [0.4, 0.5) is 0 Å². The van der Waals surface area contributed by atoms with Gasteiger partial charge in [-0.2, -0.15) is 0 Å². The standard InChI is InChI=1S/C13H15N3O/c1-8-5-9(2)12(10(3)6-8)13(17)11-7-14-15-16(11)4/h5-7H,1-4H3. The van der Waals surface area contributed by atoms with Gasteiger partial charge in [-0.3, -0.25) is 4.79 Å². The number of hydrogen-bond donors (Lipinski definition) is 0. The predicted octanol–water partition coefficient (Wildman–Crippen LogP) is 1.97. The number of carbonyl (C=O) groups excluding carboxylic acids is 1. The fourth-order valence-corrected chi connectivity index (χ4v) is 2.16. The molecule has 88 valence electrons. The first-order chi connectivity index (χ1) is 8.00. The van der Waals surface area contributed by atoms with Crippen molar-refractivity contribution < 1.29 is 4.79 Å². The fraction of sp³-hybridized carbons (Fsp3) is 0.308. The lowest BCUT2D eigenvalue weighted by atomic mass is 9.95. The summed E-state index contributed by atoms with van der Waals surface area (Å²) in [7, 11) is 1.72. The molecule has 1 aromatic carbocycles. The lowest BCUT2D eigenvalue weighted by molar-refractivity contribution is 0.102. The van der Waals surface area contributed by atoms with E-state index >= 15 is 0 Å². The second-order valence-corrected chi connectivity index (χ2v) is 4.35. The zero-order valence-electron chi connectivity index (χ0n) is 10.5. The molecule has 2 aromatic rings. The number of carbonyl (C=O) groups is 1. The molecule has 1 aromatic heterocycles. The van der Waals surface area contributed by atoms with Crippen LogP contribution in [0.15, 0.2) is 18.3 Å². The Morgan fingerprint density at radius 1 is 1.18 bits per heavy atom. The van der Waals surface area contributed by atoms with Gasteiger partial charge in [0.15, 0.2) is 0 Å². The average molecular weight is 229 g/mol. The van der Waals surface area contributed by atoms with Crippen LogP contribution in [0.1, 0.15) is 32.7 Å². The maximum atomic E-state index is 12.4. The van der Waals surface area contributed by atoms with Gasteiger partial charge in [0.2, 0.25) is 5.78 Å². The molecule has 0 fully saturated rings. The molecule has 0 aliphatic heterocycles. The van der Waals surface area contributed by atoms with Gasteiger partial charge in [-0.1, -0.05) is 22.9 Å². The molecular formula is C13H15N3O. The van der Waals surface area contributed by atoms with Gasteiger partial charge in [-0.15, -0.1) is 5.10 Å². The van der Waals surface area contributed by atoms with Gasteiger partial charge < -0.3 is 0 Å². The average Bonchev–Trinajstić information content (AvgIpc) is 2.62. The Kier molecular flexibility index (Phi) is 2.79. The van der Waals surface area contributed by atoms with E-state index in [1.165, 1.54) is 16.4 Å². The molecule has 0 amide bonds. The van der Waals surface area contributed by atoms with E-state index in [0.29, 0.717) is 5.69 Å². The van der Waals surface area contributed by atoms with Crippen LogP contribution in [0, 0.1) is 20.8 Å². The summed E-state index contributed by atoms with van der Waals surface area (Å²) in [5, 5.41) is 7.52. The summed E-state index contributed by atoms with van der Waals surface area (Å²) in [6.07, 6.45) is 1.50. The van der Waals surface area contributed by atoms with Crippen molar-refractivity contribution >= 4 is 5.78 Å². The largest absolute Gasteiger partial charge is 0.287 e. The molecule has 0 saturated carbocycles. The smallest absolute Gasteiger partial charge is 0.213 e. The number of ketones is 1. The topological polar surface area (TPSA) is 47.8 Å². The normalized spacial score (nSPS) is 10.6. The Morgan fingerprint density at radius 3 is 2.24 bits per heavy atom. The highest BCUT2D eigenvalue weighted by Gasteiger charge is 2.18. The molecule has 4 nitrogen and oxygen atoms in total. The SMILES string of the molecule is Cc1cc(C)c(C(=O)c2cnnn2C)c(C)c1. The molecule has 0 spiro atoms. The van der Waals surface area contributed by atoms with Crippen LogP contribution < -0.4 is 0 Å². The van der Waals surface area contributed by atoms with E-state index in [2.05, 4.69) is 10.3 Å². The summed E-state index contributed by atoms with van der Waals surface area (Å²) in [6, 6.07) is 4.04. The van der Waals surface area contributed by atoms with Crippen molar-refractivity contribution in [1.29, 1.82) is 0 Å². The number of benzene rings is 1. The summed E-state index contributed by atoms with van der Waals surface area (Å²) in [4.78, 5) is 12.4. The van der Waals surface area contributed by atoms with E-state index in [0.717, 1.165) is 16.7 Å². The zero-order valence-corrected chi connectivity index (χ0v) is 10.5. The zero-order chi connectivity index (χ0) is 12.6. The van der Waals surface area contributed by atoms with Crippen molar-refractivity contribution in [2.24, 2.45) is 7.05 Å². The number of aromatic nitrogens is 3. The van der Waals surface area contributed by atoms with Crippen LogP contribution >= 0.6 is 0 Å². The minimum atomic E-state index is -0.0208. The molecular weight excluding hydrogens is 214 g/mol. The van der Waals surface area contributed by atoms with Crippen LogP contribution in [0.3, 0.4) is 0 Å². The maximum absolute atomic E-state index is 12.4. The molecule has 4 heteroatoms. The first-order valence-electron chi connectivity index (χ1n) is 5.48. The Balaban J connectivity index is 2.56. The van der Waals surface area contributed by atoms with Gasteiger partial charge in [0.25, 0.3) is 0 Å². The number of aryl methyl sites for hydroxylation is 4. The van der Waals surface area contributed by atoms with E-state index in [1.54, 1.807) is 7.05 Å². The molecule has 0 bridgehead atoms. The van der Waals surface area contributed by atoms with Crippen LogP contribution in [-0.4, -0.2) is 20.8 Å². The maximum Gasteiger partial charge on any atom is 0.213 e. The van der Waals surface area contributed by atoms with Crippen molar-refractivity contribution in [3.8, 4) is 0 Å². The van der Waals surface area contributed by atoms with Crippen LogP contribution in [-0.2, 0) is 7.05 Å². The quantitative estimate of drug-likeness (QED) is 0.740. The summed E-state index contributed by atoms with van der Waals surface area (Å²) in [5.41, 5.74) is 4.42. The molecule has 0 aliphatic rings. The molecule has 0 unspecified atom stereocenters. The van der Waals surface area contributed by atoms with Crippen LogP contribution in [0.2, 0.25) is 0 Å². The molecule has 2 rings (SSSR count). The Morgan fingerprint density at radius 2 is 1.76 bits per heavy atom. The molecule has 0 radical (unpaired) electrons. The lowest BCUT2D eigenvalue weighted by Crippen LogP contribution is -2.11. The third kappa shape index (κ3) is 1.98. The summed E-state index contributed by atoms with van der Waals surface area (Å²) in [6.45, 7) is 5.94. The van der Waals surface area contributed by atoms with Gasteiger partial charge in [0.1, 0.15) is 5.69 Å². The van der Waals surface area contributed by atoms with E-state index < -0.39 is 0 Å². The third-order valence-electron chi connectivity index (χ3n) is 2.85. The summed E-state index contributed by atoms with van der Waals surface area (Å²) in [5.74, 6) is -0.0208. The number of hydrogen-bond acceptors (Lipinski definition) is 3. The monoisotopic (exact) mass is 229 g/mol. The molecule has 0 N–H and O–H groups in total. The van der Waals surface area contributed by atoms with E-state index in [4.69, 9.17) is 0 Å². The second-order valence-electron chi connectivity index (χ2n) is 4.35. The van der Waals surface area contributed by atoms with Gasteiger partial charge >= 0.3 is 0 Å². The van der Waals surface area contributed by atoms with Crippen molar-refractivity contribution in [2.75, 3.05) is 0 Å². The van der Waals surface area contributed by atoms with Gasteiger partial charge in [0.05, 0.1) is 6.20 Å². The minimum Gasteiger partial charge on any atom is -0.287 e. The first-order valence-corrected chi connectivity index (χ1v) is 5.48. The number of rotatable bonds is 2. The molecule has 0 aliphatic carbocycles. The first kappa shape index (κ1) is 11.5. The molecule has 0 saturated heterocycles. The Labute approximate surface area is 100 Å². The van der Waals surface area contributed by atoms with Crippen molar-refractivity contribution in [3.05, 3.63) is 46.3 Å². The van der Waals surface area contributed by atoms with E-state index in [9.17, 15) is 4.79 Å². The summed E-state index contributed by atoms with van der Waals surface area (Å²) >= 11 is 0. The highest BCUT2D eigenvalue weighted by molar-refractivity contribution is 6.09. The summed E-state index contributed by atoms with van der Waals surface area (Å²) < 4.78 is 1.50. The van der Waals surface area contributed by atoms with Crippen molar-refractivity contribution in [1.82, 2.24) is 15.0 Å². The fourth-order valence-electron chi connectivity index (χ4n) is 2.16. The lowest BCUT2D eigenvalue weighted by Gasteiger charge is -2.09. The highest BCUT2D eigenvalue weighted by Crippen LogP contribution is 2.19. The Hall–Kier alpha value is -1.97.